The second-order valence-corrected chi connectivity index (χ2v) is 5.44. The fraction of sp³-hybridized carbons (Fsp3) is 0.667. The maximum atomic E-state index is 8.87. The van der Waals surface area contributed by atoms with Crippen molar-refractivity contribution in [2.75, 3.05) is 0 Å². The van der Waals surface area contributed by atoms with Crippen LogP contribution in [0.25, 0.3) is 0 Å². The fourth-order valence-corrected chi connectivity index (χ4v) is 0.385. The Kier molecular flexibility index (Phi) is 8.18. The molecule has 0 spiro atoms. The molecule has 0 fully saturated rings. The van der Waals surface area contributed by atoms with Gasteiger partial charge in [-0.3, -0.25) is 0 Å². The minimum absolute atomic E-state index is 0.718. The molecule has 0 heterocycles. The van der Waals surface area contributed by atoms with Crippen LogP contribution in [0.15, 0.2) is 12.2 Å². The van der Waals surface area contributed by atoms with Gasteiger partial charge in [0.05, 0.1) is 0 Å². The van der Waals surface area contributed by atoms with Gasteiger partial charge < -0.3 is 0 Å². The van der Waals surface area contributed by atoms with Gasteiger partial charge in [0.2, 0.25) is 0 Å². The van der Waals surface area contributed by atoms with E-state index in [1.165, 1.54) is 0 Å². The molecule has 0 aromatic rings. The maximum absolute atomic E-state index is 8.87. The molecule has 0 radical (unpaired) electrons. The summed E-state index contributed by atoms with van der Waals surface area (Å²) < 4.78 is 32.1. The molecule has 0 aromatic carbocycles. The molecule has 0 atom stereocenters. The van der Waals surface area contributed by atoms with E-state index in [-0.39, 0.29) is 0 Å². The van der Waals surface area contributed by atoms with Crippen molar-refractivity contribution in [3.63, 3.8) is 0 Å². The van der Waals surface area contributed by atoms with Gasteiger partial charge in [0.15, 0.2) is 0 Å². The number of hydrogen-bond acceptors (Lipinski definition) is 2. The predicted octanol–water partition coefficient (Wildman–Crippen LogP) is 0.864. The molecule has 2 N–H and O–H groups in total. The second-order valence-electron chi connectivity index (χ2n) is 2.22. The van der Waals surface area contributed by atoms with Crippen LogP contribution < -0.4 is 0 Å². The van der Waals surface area contributed by atoms with Crippen LogP contribution in [0, 0.1) is 5.92 Å². The summed E-state index contributed by atoms with van der Waals surface area (Å²) in [6, 6.07) is 0. The van der Waals surface area contributed by atoms with E-state index in [4.69, 9.17) is 14.3 Å². The molecule has 0 aliphatic carbocycles. The Morgan fingerprint density at radius 2 is 1.55 bits per heavy atom. The average Bonchev–Trinajstić information content (AvgIpc) is 1.58. The minimum atomic E-state index is -5.67. The van der Waals surface area contributed by atoms with Crippen LogP contribution in [0.5, 0.6) is 0 Å². The molecule has 0 saturated carbocycles. The summed E-state index contributed by atoms with van der Waals surface area (Å²) in [5, 5.41) is 0. The van der Waals surface area contributed by atoms with Gasteiger partial charge in [0.25, 0.3) is 0 Å². The van der Waals surface area contributed by atoms with Gasteiger partial charge in [-0.1, -0.05) is 26.0 Å². The van der Waals surface area contributed by atoms with E-state index >= 15 is 0 Å². The molecule has 0 aromatic heterocycles. The molecule has 0 unspecified atom stereocenters. The van der Waals surface area contributed by atoms with Gasteiger partial charge >= 0.3 is 31.1 Å². The van der Waals surface area contributed by atoms with Gasteiger partial charge in [-0.25, -0.2) is 0 Å². The van der Waals surface area contributed by atoms with Crippen LogP contribution in [-0.4, -0.2) is 7.52 Å². The van der Waals surface area contributed by atoms with Crippen molar-refractivity contribution in [1.82, 2.24) is 0 Å². The summed E-state index contributed by atoms with van der Waals surface area (Å²) in [6.07, 6.45) is 4.24. The van der Waals surface area contributed by atoms with Crippen LogP contribution in [0.3, 0.4) is 0 Å². The molecule has 0 aliphatic heterocycles. The Morgan fingerprint density at radius 1 is 1.27 bits per heavy atom. The van der Waals surface area contributed by atoms with Gasteiger partial charge in [0.1, 0.15) is 0 Å². The van der Waals surface area contributed by atoms with E-state index in [0.717, 1.165) is 5.92 Å². The van der Waals surface area contributed by atoms with Crippen molar-refractivity contribution >= 4 is 0 Å². The third-order valence-electron chi connectivity index (χ3n) is 0.577. The van der Waals surface area contributed by atoms with Crippen molar-refractivity contribution in [2.45, 2.75) is 20.8 Å². The number of hydrogen-bond donors (Lipinski definition) is 2. The first-order valence-corrected chi connectivity index (χ1v) is 8.12. The van der Waals surface area contributed by atoms with E-state index in [1.54, 1.807) is 0 Å². The van der Waals surface area contributed by atoms with Crippen molar-refractivity contribution < 1.29 is 31.1 Å². The van der Waals surface area contributed by atoms with E-state index in [1.807, 2.05) is 6.92 Å². The van der Waals surface area contributed by atoms with Crippen LogP contribution in [0.1, 0.15) is 20.8 Å². The van der Waals surface area contributed by atoms with Crippen molar-refractivity contribution in [2.24, 2.45) is 5.92 Å². The molecular formula is C6H14O4W. The van der Waals surface area contributed by atoms with Crippen molar-refractivity contribution in [1.29, 1.82) is 0 Å². The molecule has 5 heteroatoms. The Bertz CT molecular complexity index is 183. The normalized spacial score (nSPS) is 11.5. The number of rotatable bonds is 1. The Hall–Kier alpha value is -0.0517. The van der Waals surface area contributed by atoms with Gasteiger partial charge in [-0.2, -0.15) is 0 Å². The van der Waals surface area contributed by atoms with Crippen LogP contribution >= 0.6 is 0 Å². The molecule has 4 nitrogen and oxygen atoms in total. The van der Waals surface area contributed by atoms with E-state index in [0.29, 0.717) is 0 Å². The molecule has 0 saturated heterocycles. The first-order valence-electron chi connectivity index (χ1n) is 3.10. The van der Waals surface area contributed by atoms with Gasteiger partial charge in [-0.05, 0) is 12.8 Å². The topological polar surface area (TPSA) is 74.6 Å². The first kappa shape index (κ1) is 13.5. The summed E-state index contributed by atoms with van der Waals surface area (Å²) in [7, 11) is 0. The molecule has 0 aliphatic rings. The third kappa shape index (κ3) is 72.3. The zero-order chi connectivity index (χ0) is 9.49. The summed E-state index contributed by atoms with van der Waals surface area (Å²) in [5.41, 5.74) is 0. The van der Waals surface area contributed by atoms with Crippen molar-refractivity contribution in [3.8, 4) is 0 Å². The van der Waals surface area contributed by atoms with Crippen LogP contribution in [0.4, 0.5) is 0 Å². The van der Waals surface area contributed by atoms with Gasteiger partial charge in [0, 0.05) is 0 Å². The summed E-state index contributed by atoms with van der Waals surface area (Å²) >= 11 is -5.67. The van der Waals surface area contributed by atoms with Crippen molar-refractivity contribution in [3.05, 3.63) is 12.2 Å². The molecule has 11 heavy (non-hydrogen) atoms. The standard InChI is InChI=1S/C6H12.2H2O.2O.W/c1-4-5-6(2)3;;;;;/h4-6H,1-3H3;2*1H2;;;/q;;;;;+2/p-2. The molecule has 0 amide bonds. The molecule has 0 rings (SSSR count). The Morgan fingerprint density at radius 3 is 1.55 bits per heavy atom. The molecular weight excluding hydrogens is 320 g/mol. The fourth-order valence-electron chi connectivity index (χ4n) is 0.385. The van der Waals surface area contributed by atoms with Gasteiger partial charge in [-0.15, -0.1) is 0 Å². The Balaban J connectivity index is 0. The average molecular weight is 334 g/mol. The predicted molar refractivity (Wildman–Crippen MR) is 35.5 cm³/mol. The number of allylic oxidation sites excluding steroid dienone is 2. The molecule has 0 bridgehead atoms. The Labute approximate surface area is 70.3 Å². The second kappa shape index (κ2) is 6.65. The van der Waals surface area contributed by atoms with E-state index in [2.05, 4.69) is 26.0 Å². The van der Waals surface area contributed by atoms with E-state index < -0.39 is 16.7 Å². The van der Waals surface area contributed by atoms with Crippen LogP contribution in [-0.2, 0) is 23.5 Å². The van der Waals surface area contributed by atoms with Crippen LogP contribution in [0.2, 0.25) is 0 Å². The zero-order valence-electron chi connectivity index (χ0n) is 6.85. The zero-order valence-corrected chi connectivity index (χ0v) is 9.78. The SMILES string of the molecule is CC=CC(C)C.[O]=[W](=[O])([OH])[OH]. The molecule has 68 valence electrons. The quantitative estimate of drug-likeness (QED) is 0.698. The van der Waals surface area contributed by atoms with E-state index in [9.17, 15) is 0 Å². The third-order valence-corrected chi connectivity index (χ3v) is 0.577. The monoisotopic (exact) mass is 334 g/mol. The summed E-state index contributed by atoms with van der Waals surface area (Å²) in [4.78, 5) is 0. The first-order chi connectivity index (χ1) is 4.77. The summed E-state index contributed by atoms with van der Waals surface area (Å²) in [6.45, 7) is 6.38. The summed E-state index contributed by atoms with van der Waals surface area (Å²) in [5.74, 6) is 0.718.